The van der Waals surface area contributed by atoms with E-state index in [1.165, 1.54) is 6.42 Å². The molecule has 1 aliphatic heterocycles. The van der Waals surface area contributed by atoms with Gasteiger partial charge in [0.1, 0.15) is 0 Å². The Balaban J connectivity index is 1.88. The quantitative estimate of drug-likeness (QED) is 0.838. The molecule has 0 spiro atoms. The van der Waals surface area contributed by atoms with E-state index >= 15 is 0 Å². The maximum absolute atomic E-state index is 12.4. The second-order valence-corrected chi connectivity index (χ2v) is 6.62. The summed E-state index contributed by atoms with van der Waals surface area (Å²) >= 11 is 0. The molecular formula is C15H29N3O. The molecule has 110 valence electrons. The molecule has 4 heteroatoms. The highest BCUT2D eigenvalue weighted by atomic mass is 16.2. The molecule has 2 aliphatic rings. The maximum Gasteiger partial charge on any atom is 0.224 e. The second kappa shape index (κ2) is 5.80. The Bertz CT molecular complexity index is 327. The van der Waals surface area contributed by atoms with Gasteiger partial charge in [-0.25, -0.2) is 0 Å². The minimum atomic E-state index is -0.196. The van der Waals surface area contributed by atoms with Gasteiger partial charge in [0, 0.05) is 38.1 Å². The summed E-state index contributed by atoms with van der Waals surface area (Å²) in [5, 5.41) is 0. The molecule has 1 heterocycles. The van der Waals surface area contributed by atoms with E-state index < -0.39 is 0 Å². The molecule has 1 saturated heterocycles. The first-order valence-corrected chi connectivity index (χ1v) is 7.72. The number of rotatable bonds is 4. The highest BCUT2D eigenvalue weighted by molar-refractivity contribution is 5.77. The third kappa shape index (κ3) is 3.29. The summed E-state index contributed by atoms with van der Waals surface area (Å²) in [7, 11) is 1.97. The van der Waals surface area contributed by atoms with Crippen LogP contribution in [0.2, 0.25) is 0 Å². The zero-order valence-electron chi connectivity index (χ0n) is 12.7. The molecule has 0 bridgehead atoms. The molecule has 0 aromatic rings. The Hall–Kier alpha value is -0.610. The van der Waals surface area contributed by atoms with Gasteiger partial charge < -0.3 is 15.5 Å². The van der Waals surface area contributed by atoms with Crippen molar-refractivity contribution in [2.75, 3.05) is 26.7 Å². The minimum Gasteiger partial charge on any atom is -0.342 e. The van der Waals surface area contributed by atoms with E-state index in [0.29, 0.717) is 18.4 Å². The minimum absolute atomic E-state index is 0.196. The number of nitrogens with zero attached hydrogens (tertiary/aromatic N) is 2. The molecule has 0 aromatic heterocycles. The standard InChI is InChI=1S/C15H29N3O/c1-4-18-9-6-13(12(2)11-18)17(3)14(19)10-15(16)7-5-8-15/h12-13H,4-11,16H2,1-3H3/t12-,13-/m1/s1. The van der Waals surface area contributed by atoms with Crippen LogP contribution < -0.4 is 5.73 Å². The summed E-state index contributed by atoms with van der Waals surface area (Å²) in [5.41, 5.74) is 6.00. The lowest BCUT2D eigenvalue weighted by Gasteiger charge is -2.43. The van der Waals surface area contributed by atoms with E-state index in [0.717, 1.165) is 38.9 Å². The smallest absolute Gasteiger partial charge is 0.224 e. The van der Waals surface area contributed by atoms with E-state index in [9.17, 15) is 4.79 Å². The first kappa shape index (κ1) is 14.8. The third-order valence-corrected chi connectivity index (χ3v) is 5.13. The molecule has 19 heavy (non-hydrogen) atoms. The molecular weight excluding hydrogens is 238 g/mol. The summed E-state index contributed by atoms with van der Waals surface area (Å²) in [4.78, 5) is 16.8. The lowest BCUT2D eigenvalue weighted by Crippen LogP contribution is -2.54. The molecule has 2 N–H and O–H groups in total. The number of likely N-dealkylation sites (tertiary alicyclic amines) is 1. The van der Waals surface area contributed by atoms with Crippen molar-refractivity contribution in [2.24, 2.45) is 11.7 Å². The van der Waals surface area contributed by atoms with E-state index in [-0.39, 0.29) is 11.4 Å². The van der Waals surface area contributed by atoms with Crippen LogP contribution in [0.15, 0.2) is 0 Å². The van der Waals surface area contributed by atoms with E-state index in [4.69, 9.17) is 5.73 Å². The van der Waals surface area contributed by atoms with Gasteiger partial charge in [-0.05, 0) is 38.1 Å². The topological polar surface area (TPSA) is 49.6 Å². The molecule has 2 fully saturated rings. The highest BCUT2D eigenvalue weighted by Crippen LogP contribution is 2.33. The zero-order chi connectivity index (χ0) is 14.0. The van der Waals surface area contributed by atoms with Crippen molar-refractivity contribution >= 4 is 5.91 Å². The highest BCUT2D eigenvalue weighted by Gasteiger charge is 2.38. The average molecular weight is 267 g/mol. The van der Waals surface area contributed by atoms with Crippen LogP contribution in [0.25, 0.3) is 0 Å². The zero-order valence-corrected chi connectivity index (χ0v) is 12.7. The number of piperidine rings is 1. The fourth-order valence-corrected chi connectivity index (χ4v) is 3.50. The lowest BCUT2D eigenvalue weighted by molar-refractivity contribution is -0.136. The molecule has 0 unspecified atom stereocenters. The predicted molar refractivity (Wildman–Crippen MR) is 77.8 cm³/mol. The second-order valence-electron chi connectivity index (χ2n) is 6.62. The van der Waals surface area contributed by atoms with Crippen molar-refractivity contribution in [3.8, 4) is 0 Å². The van der Waals surface area contributed by atoms with Crippen LogP contribution in [0, 0.1) is 5.92 Å². The predicted octanol–water partition coefficient (Wildman–Crippen LogP) is 1.45. The summed E-state index contributed by atoms with van der Waals surface area (Å²) in [6.45, 7) is 7.79. The Kier molecular flexibility index (Phi) is 4.51. The summed E-state index contributed by atoms with van der Waals surface area (Å²) < 4.78 is 0. The number of amides is 1. The summed E-state index contributed by atoms with van der Waals surface area (Å²) in [6, 6.07) is 0.388. The maximum atomic E-state index is 12.4. The largest absolute Gasteiger partial charge is 0.342 e. The monoisotopic (exact) mass is 267 g/mol. The van der Waals surface area contributed by atoms with Crippen LogP contribution in [0.3, 0.4) is 0 Å². The summed E-state index contributed by atoms with van der Waals surface area (Å²) in [6.07, 6.45) is 4.82. The van der Waals surface area contributed by atoms with Crippen LogP contribution in [0.1, 0.15) is 46.0 Å². The van der Waals surface area contributed by atoms with Gasteiger partial charge in [0.2, 0.25) is 5.91 Å². The normalized spacial score (nSPS) is 30.7. The SMILES string of the molecule is CCN1CC[C@@H](N(C)C(=O)CC2(N)CCC2)[C@H](C)C1. The van der Waals surface area contributed by atoms with E-state index in [1.807, 2.05) is 11.9 Å². The molecule has 1 saturated carbocycles. The Morgan fingerprint density at radius 3 is 2.63 bits per heavy atom. The number of hydrogen-bond donors (Lipinski definition) is 1. The van der Waals surface area contributed by atoms with Gasteiger partial charge in [0.05, 0.1) is 0 Å². The van der Waals surface area contributed by atoms with E-state index in [1.54, 1.807) is 0 Å². The van der Waals surface area contributed by atoms with Crippen LogP contribution in [0.4, 0.5) is 0 Å². The van der Waals surface area contributed by atoms with Gasteiger partial charge in [-0.1, -0.05) is 13.8 Å². The van der Waals surface area contributed by atoms with Gasteiger partial charge in [0.15, 0.2) is 0 Å². The van der Waals surface area contributed by atoms with Gasteiger partial charge >= 0.3 is 0 Å². The fraction of sp³-hybridized carbons (Fsp3) is 0.933. The Morgan fingerprint density at radius 2 is 2.16 bits per heavy atom. The molecule has 0 radical (unpaired) electrons. The van der Waals surface area contributed by atoms with Crippen LogP contribution >= 0.6 is 0 Å². The number of nitrogens with two attached hydrogens (primary N) is 1. The van der Waals surface area contributed by atoms with E-state index in [2.05, 4.69) is 18.7 Å². The molecule has 1 amide bonds. The van der Waals surface area contributed by atoms with Crippen LogP contribution in [-0.2, 0) is 4.79 Å². The molecule has 2 rings (SSSR count). The first-order valence-electron chi connectivity index (χ1n) is 7.72. The first-order chi connectivity index (χ1) is 8.95. The van der Waals surface area contributed by atoms with Gasteiger partial charge in [-0.3, -0.25) is 4.79 Å². The van der Waals surface area contributed by atoms with Crippen molar-refractivity contribution in [3.05, 3.63) is 0 Å². The van der Waals surface area contributed by atoms with Crippen LogP contribution in [0.5, 0.6) is 0 Å². The van der Waals surface area contributed by atoms with Gasteiger partial charge in [0.25, 0.3) is 0 Å². The lowest BCUT2D eigenvalue weighted by atomic mass is 9.75. The van der Waals surface area contributed by atoms with Crippen LogP contribution in [-0.4, -0.2) is 54.0 Å². The molecule has 1 aliphatic carbocycles. The number of carbonyl (C=O) groups excluding carboxylic acids is 1. The molecule has 0 aromatic carbocycles. The third-order valence-electron chi connectivity index (χ3n) is 5.13. The van der Waals surface area contributed by atoms with Gasteiger partial charge in [-0.15, -0.1) is 0 Å². The summed E-state index contributed by atoms with van der Waals surface area (Å²) in [5.74, 6) is 0.793. The van der Waals surface area contributed by atoms with Crippen molar-refractivity contribution in [1.29, 1.82) is 0 Å². The number of carbonyl (C=O) groups is 1. The van der Waals surface area contributed by atoms with Gasteiger partial charge in [-0.2, -0.15) is 0 Å². The fourth-order valence-electron chi connectivity index (χ4n) is 3.50. The Labute approximate surface area is 117 Å². The van der Waals surface area contributed by atoms with Crippen molar-refractivity contribution in [2.45, 2.75) is 57.5 Å². The van der Waals surface area contributed by atoms with Crippen molar-refractivity contribution < 1.29 is 4.79 Å². The molecule has 2 atom stereocenters. The number of hydrogen-bond acceptors (Lipinski definition) is 3. The van der Waals surface area contributed by atoms with Crippen molar-refractivity contribution in [3.63, 3.8) is 0 Å². The van der Waals surface area contributed by atoms with Crippen molar-refractivity contribution in [1.82, 2.24) is 9.80 Å². The Morgan fingerprint density at radius 1 is 1.47 bits per heavy atom. The average Bonchev–Trinajstić information content (AvgIpc) is 2.35. The molecule has 4 nitrogen and oxygen atoms in total.